The van der Waals surface area contributed by atoms with E-state index in [1.165, 1.54) is 11.1 Å². The molecule has 1 heterocycles. The van der Waals surface area contributed by atoms with Crippen molar-refractivity contribution in [3.63, 3.8) is 0 Å². The molecule has 0 spiro atoms. The van der Waals surface area contributed by atoms with Crippen LogP contribution in [0.5, 0.6) is 0 Å². The van der Waals surface area contributed by atoms with Crippen LogP contribution in [0.2, 0.25) is 0 Å². The average molecular weight is 295 g/mol. The maximum Gasteiger partial charge on any atom is 0.246 e. The van der Waals surface area contributed by atoms with Crippen LogP contribution < -0.4 is 5.32 Å². The van der Waals surface area contributed by atoms with Gasteiger partial charge in [-0.15, -0.1) is 12.4 Å². The van der Waals surface area contributed by atoms with E-state index in [4.69, 9.17) is 0 Å². The molecule has 110 valence electrons. The first-order chi connectivity index (χ1) is 9.24. The second-order valence-electron chi connectivity index (χ2n) is 4.80. The largest absolute Gasteiger partial charge is 0.340 e. The van der Waals surface area contributed by atoms with Gasteiger partial charge < -0.3 is 10.2 Å². The highest BCUT2D eigenvalue weighted by atomic mass is 35.5. The minimum absolute atomic E-state index is 0. The second kappa shape index (κ2) is 8.08. The number of nitrogens with one attached hydrogen (secondary N) is 1. The fourth-order valence-corrected chi connectivity index (χ4v) is 2.41. The molecule has 2 rings (SSSR count). The summed E-state index contributed by atoms with van der Waals surface area (Å²) in [6, 6.07) is 6.45. The van der Waals surface area contributed by atoms with E-state index in [1.807, 2.05) is 24.8 Å². The van der Waals surface area contributed by atoms with Gasteiger partial charge in [-0.05, 0) is 49.6 Å². The van der Waals surface area contributed by atoms with Crippen LogP contribution in [0.1, 0.15) is 30.5 Å². The summed E-state index contributed by atoms with van der Waals surface area (Å²) < 4.78 is 0. The van der Waals surface area contributed by atoms with Crippen LogP contribution in [0.15, 0.2) is 24.3 Å². The van der Waals surface area contributed by atoms with Crippen LogP contribution in [0.4, 0.5) is 0 Å². The zero-order valence-electron chi connectivity index (χ0n) is 12.2. The van der Waals surface area contributed by atoms with Crippen LogP contribution in [0.3, 0.4) is 0 Å². The van der Waals surface area contributed by atoms with E-state index in [0.29, 0.717) is 0 Å². The van der Waals surface area contributed by atoms with Crippen LogP contribution in [0.25, 0.3) is 6.08 Å². The molecule has 20 heavy (non-hydrogen) atoms. The van der Waals surface area contributed by atoms with Gasteiger partial charge in [0, 0.05) is 25.7 Å². The molecule has 4 heteroatoms. The summed E-state index contributed by atoms with van der Waals surface area (Å²) in [6.45, 7) is 7.50. The highest BCUT2D eigenvalue weighted by Crippen LogP contribution is 2.16. The molecule has 0 radical (unpaired) electrons. The predicted molar refractivity (Wildman–Crippen MR) is 86.1 cm³/mol. The van der Waals surface area contributed by atoms with Crippen molar-refractivity contribution in [3.8, 4) is 0 Å². The van der Waals surface area contributed by atoms with Gasteiger partial charge in [-0.2, -0.15) is 0 Å². The molecule has 1 aromatic carbocycles. The Morgan fingerprint density at radius 1 is 1.30 bits per heavy atom. The molecule has 0 saturated carbocycles. The molecule has 1 N–H and O–H groups in total. The van der Waals surface area contributed by atoms with E-state index >= 15 is 0 Å². The molecule has 0 saturated heterocycles. The fraction of sp³-hybridized carbons (Fsp3) is 0.438. The van der Waals surface area contributed by atoms with Crippen molar-refractivity contribution in [2.45, 2.75) is 26.8 Å². The number of rotatable bonds is 4. The molecule has 0 fully saturated rings. The Bertz CT molecular complexity index is 481. The Balaban J connectivity index is 0.00000200. The van der Waals surface area contributed by atoms with Crippen molar-refractivity contribution in [1.29, 1.82) is 0 Å². The number of hydrogen-bond acceptors (Lipinski definition) is 2. The highest BCUT2D eigenvalue weighted by molar-refractivity contribution is 5.91. The van der Waals surface area contributed by atoms with E-state index in [1.54, 1.807) is 6.08 Å². The first-order valence-corrected chi connectivity index (χ1v) is 7.04. The summed E-state index contributed by atoms with van der Waals surface area (Å²) >= 11 is 0. The lowest BCUT2D eigenvalue weighted by atomic mass is 9.98. The number of benzene rings is 1. The van der Waals surface area contributed by atoms with E-state index in [2.05, 4.69) is 23.5 Å². The minimum Gasteiger partial charge on any atom is -0.340 e. The molecular weight excluding hydrogens is 272 g/mol. The number of hydrogen-bond donors (Lipinski definition) is 1. The van der Waals surface area contributed by atoms with Crippen molar-refractivity contribution in [3.05, 3.63) is 41.0 Å². The zero-order valence-corrected chi connectivity index (χ0v) is 13.0. The Labute approximate surface area is 127 Å². The molecule has 1 aliphatic rings. The lowest BCUT2D eigenvalue weighted by molar-refractivity contribution is -0.125. The molecule has 0 bridgehead atoms. The average Bonchev–Trinajstić information content (AvgIpc) is 2.46. The van der Waals surface area contributed by atoms with Crippen LogP contribution in [-0.4, -0.2) is 30.4 Å². The van der Waals surface area contributed by atoms with Gasteiger partial charge in [0.2, 0.25) is 5.91 Å². The molecule has 1 aliphatic heterocycles. The molecule has 1 amide bonds. The van der Waals surface area contributed by atoms with E-state index in [0.717, 1.165) is 38.2 Å². The molecule has 0 atom stereocenters. The predicted octanol–water partition coefficient (Wildman–Crippen LogP) is 2.64. The Kier molecular flexibility index (Phi) is 6.76. The Morgan fingerprint density at radius 2 is 2.05 bits per heavy atom. The third-order valence-corrected chi connectivity index (χ3v) is 3.61. The van der Waals surface area contributed by atoms with Crippen LogP contribution in [0, 0.1) is 0 Å². The van der Waals surface area contributed by atoms with Crippen molar-refractivity contribution in [2.24, 2.45) is 0 Å². The van der Waals surface area contributed by atoms with Crippen LogP contribution in [-0.2, 0) is 17.8 Å². The third kappa shape index (κ3) is 4.09. The summed E-state index contributed by atoms with van der Waals surface area (Å²) in [5, 5.41) is 3.37. The summed E-state index contributed by atoms with van der Waals surface area (Å²) in [4.78, 5) is 13.7. The van der Waals surface area contributed by atoms with Gasteiger partial charge in [-0.1, -0.05) is 18.2 Å². The molecule has 0 unspecified atom stereocenters. The summed E-state index contributed by atoms with van der Waals surface area (Å²) in [6.07, 6.45) is 4.68. The number of halogens is 1. The summed E-state index contributed by atoms with van der Waals surface area (Å²) in [5.74, 6) is 0.0841. The highest BCUT2D eigenvalue weighted by Gasteiger charge is 2.08. The van der Waals surface area contributed by atoms with Gasteiger partial charge in [0.15, 0.2) is 0 Å². The maximum atomic E-state index is 11.9. The smallest absolute Gasteiger partial charge is 0.246 e. The molecule has 0 aliphatic carbocycles. The molecule has 1 aromatic rings. The van der Waals surface area contributed by atoms with Gasteiger partial charge in [0.25, 0.3) is 0 Å². The number of fused-ring (bicyclic) bond motifs is 1. The molecule has 3 nitrogen and oxygen atoms in total. The Morgan fingerprint density at radius 3 is 2.75 bits per heavy atom. The number of carbonyl (C=O) groups is 1. The molecule has 0 aromatic heterocycles. The second-order valence-corrected chi connectivity index (χ2v) is 4.80. The quantitative estimate of drug-likeness (QED) is 0.866. The van der Waals surface area contributed by atoms with E-state index < -0.39 is 0 Å². The maximum absolute atomic E-state index is 11.9. The fourth-order valence-electron chi connectivity index (χ4n) is 2.41. The van der Waals surface area contributed by atoms with Gasteiger partial charge in [-0.25, -0.2) is 0 Å². The van der Waals surface area contributed by atoms with Crippen molar-refractivity contribution in [2.75, 3.05) is 19.6 Å². The van der Waals surface area contributed by atoms with Crippen molar-refractivity contribution < 1.29 is 4.79 Å². The minimum atomic E-state index is 0. The van der Waals surface area contributed by atoms with Crippen molar-refractivity contribution in [1.82, 2.24) is 10.2 Å². The topological polar surface area (TPSA) is 32.3 Å². The third-order valence-electron chi connectivity index (χ3n) is 3.61. The zero-order chi connectivity index (χ0) is 13.7. The summed E-state index contributed by atoms with van der Waals surface area (Å²) in [5.41, 5.74) is 3.87. The van der Waals surface area contributed by atoms with Gasteiger partial charge in [0.05, 0.1) is 0 Å². The number of amides is 1. The van der Waals surface area contributed by atoms with Gasteiger partial charge >= 0.3 is 0 Å². The SMILES string of the molecule is CCN(CC)C(=O)/C=C/c1ccc2c(c1)CNCC2.Cl. The first kappa shape index (κ1) is 16.7. The standard InChI is InChI=1S/C16H22N2O.ClH/c1-3-18(4-2)16(19)8-6-13-5-7-14-9-10-17-12-15(14)11-13;/h5-8,11,17H,3-4,9-10,12H2,1-2H3;1H/b8-6+;. The first-order valence-electron chi connectivity index (χ1n) is 7.04. The van der Waals surface area contributed by atoms with E-state index in [-0.39, 0.29) is 18.3 Å². The summed E-state index contributed by atoms with van der Waals surface area (Å²) in [7, 11) is 0. The van der Waals surface area contributed by atoms with Gasteiger partial charge in [0.1, 0.15) is 0 Å². The van der Waals surface area contributed by atoms with Crippen molar-refractivity contribution >= 4 is 24.4 Å². The number of carbonyl (C=O) groups excluding carboxylic acids is 1. The monoisotopic (exact) mass is 294 g/mol. The van der Waals surface area contributed by atoms with E-state index in [9.17, 15) is 4.79 Å². The van der Waals surface area contributed by atoms with Crippen LogP contribution >= 0.6 is 12.4 Å². The lowest BCUT2D eigenvalue weighted by Crippen LogP contribution is -2.28. The van der Waals surface area contributed by atoms with Gasteiger partial charge in [-0.3, -0.25) is 4.79 Å². The lowest BCUT2D eigenvalue weighted by Gasteiger charge is -2.17. The molecular formula is C16H23ClN2O. The normalized spacial score (nSPS) is 13.7. The number of likely N-dealkylation sites (N-methyl/N-ethyl adjacent to an activating group) is 1. The number of nitrogens with zero attached hydrogens (tertiary/aromatic N) is 1. The Hall–Kier alpha value is -1.32.